The molecular weight excluding hydrogens is 252 g/mol. The molecule has 0 aromatic carbocycles. The largest absolute Gasteiger partial charge is 0.369 e. The molecule has 15 heavy (non-hydrogen) atoms. The molecule has 0 saturated carbocycles. The first-order valence-corrected chi connectivity index (χ1v) is 6.16. The molecule has 0 radical (unpaired) electrons. The van der Waals surface area contributed by atoms with Gasteiger partial charge < -0.3 is 5.32 Å². The highest BCUT2D eigenvalue weighted by atomic mass is 79.9. The van der Waals surface area contributed by atoms with Crippen LogP contribution in [0.2, 0.25) is 0 Å². The van der Waals surface area contributed by atoms with Crippen LogP contribution in [0, 0.1) is 18.8 Å². The Morgan fingerprint density at radius 2 is 2.07 bits per heavy atom. The van der Waals surface area contributed by atoms with Crippen LogP contribution in [0.5, 0.6) is 0 Å². The highest BCUT2D eigenvalue weighted by molar-refractivity contribution is 9.10. The normalized spacial score (nSPS) is 12.9. The summed E-state index contributed by atoms with van der Waals surface area (Å²) >= 11 is 3.51. The molecule has 0 aliphatic heterocycles. The Hall–Kier alpha value is -0.570. The first-order valence-electron chi connectivity index (χ1n) is 5.36. The van der Waals surface area contributed by atoms with E-state index in [1.807, 2.05) is 13.1 Å². The van der Waals surface area contributed by atoms with E-state index >= 15 is 0 Å². The molecule has 1 unspecified atom stereocenters. The average Bonchev–Trinajstić information content (AvgIpc) is 2.15. The van der Waals surface area contributed by atoms with Crippen molar-refractivity contribution >= 4 is 21.7 Å². The summed E-state index contributed by atoms with van der Waals surface area (Å²) in [6, 6.07) is 2.08. The van der Waals surface area contributed by atoms with E-state index in [0.29, 0.717) is 11.8 Å². The molecule has 0 saturated heterocycles. The summed E-state index contributed by atoms with van der Waals surface area (Å²) in [5.74, 6) is 2.29. The molecule has 0 bridgehead atoms. The van der Waals surface area contributed by atoms with Gasteiger partial charge in [-0.05, 0) is 46.3 Å². The number of pyridine rings is 1. The van der Waals surface area contributed by atoms with Crippen molar-refractivity contribution in [3.05, 3.63) is 22.3 Å². The number of nitrogens with zero attached hydrogens (tertiary/aromatic N) is 1. The molecule has 1 aromatic heterocycles. The van der Waals surface area contributed by atoms with E-state index in [-0.39, 0.29) is 0 Å². The zero-order valence-corrected chi connectivity index (χ0v) is 11.4. The molecule has 3 heteroatoms. The van der Waals surface area contributed by atoms with E-state index < -0.39 is 0 Å². The van der Waals surface area contributed by atoms with Crippen molar-refractivity contribution in [1.82, 2.24) is 4.98 Å². The maximum Gasteiger partial charge on any atom is 0.140 e. The van der Waals surface area contributed by atoms with Crippen LogP contribution in [0.1, 0.15) is 26.3 Å². The van der Waals surface area contributed by atoms with E-state index in [2.05, 4.69) is 53.1 Å². The molecule has 1 rings (SSSR count). The van der Waals surface area contributed by atoms with Gasteiger partial charge in [0.15, 0.2) is 0 Å². The average molecular weight is 271 g/mol. The minimum Gasteiger partial charge on any atom is -0.369 e. The second-order valence-corrected chi connectivity index (χ2v) is 5.30. The Bertz CT molecular complexity index is 323. The van der Waals surface area contributed by atoms with Gasteiger partial charge in [0.1, 0.15) is 5.82 Å². The van der Waals surface area contributed by atoms with Gasteiger partial charge in [-0.25, -0.2) is 4.98 Å². The minimum absolute atomic E-state index is 0.653. The van der Waals surface area contributed by atoms with Crippen molar-refractivity contribution in [2.24, 2.45) is 11.8 Å². The predicted octanol–water partition coefficient (Wildman–Crippen LogP) is 3.86. The minimum atomic E-state index is 0.653. The van der Waals surface area contributed by atoms with Gasteiger partial charge in [-0.1, -0.05) is 20.8 Å². The van der Waals surface area contributed by atoms with Gasteiger partial charge in [0.25, 0.3) is 0 Å². The first kappa shape index (κ1) is 12.5. The molecule has 84 valence electrons. The van der Waals surface area contributed by atoms with Gasteiger partial charge in [-0.3, -0.25) is 0 Å². The fourth-order valence-corrected chi connectivity index (χ4v) is 1.76. The topological polar surface area (TPSA) is 24.9 Å². The monoisotopic (exact) mass is 270 g/mol. The SMILES string of the molecule is Cc1cnc(NCC(C)C(C)C)c(Br)c1. The number of anilines is 1. The third kappa shape index (κ3) is 3.82. The molecule has 0 aliphatic carbocycles. The van der Waals surface area contributed by atoms with Crippen LogP contribution in [-0.2, 0) is 0 Å². The standard InChI is InChI=1S/C12H19BrN2/c1-8(2)10(4)7-15-12-11(13)5-9(3)6-14-12/h5-6,8,10H,7H2,1-4H3,(H,14,15). The van der Waals surface area contributed by atoms with Crippen molar-refractivity contribution < 1.29 is 0 Å². The second kappa shape index (κ2) is 5.50. The summed E-state index contributed by atoms with van der Waals surface area (Å²) < 4.78 is 1.04. The van der Waals surface area contributed by atoms with Gasteiger partial charge in [0.05, 0.1) is 4.47 Å². The third-order valence-electron chi connectivity index (χ3n) is 2.71. The molecule has 0 fully saturated rings. The van der Waals surface area contributed by atoms with E-state index in [0.717, 1.165) is 16.8 Å². The lowest BCUT2D eigenvalue weighted by atomic mass is 9.98. The number of halogens is 1. The van der Waals surface area contributed by atoms with E-state index in [1.54, 1.807) is 0 Å². The number of rotatable bonds is 4. The summed E-state index contributed by atoms with van der Waals surface area (Å²) in [6.07, 6.45) is 1.88. The van der Waals surface area contributed by atoms with Crippen LogP contribution >= 0.6 is 15.9 Å². The maximum absolute atomic E-state index is 4.35. The summed E-state index contributed by atoms with van der Waals surface area (Å²) in [5.41, 5.74) is 1.17. The fourth-order valence-electron chi connectivity index (χ4n) is 1.16. The van der Waals surface area contributed by atoms with Crippen LogP contribution in [0.25, 0.3) is 0 Å². The van der Waals surface area contributed by atoms with E-state index in [9.17, 15) is 0 Å². The van der Waals surface area contributed by atoms with Crippen LogP contribution in [0.15, 0.2) is 16.7 Å². The molecule has 1 aromatic rings. The molecule has 0 amide bonds. The summed E-state index contributed by atoms with van der Waals surface area (Å²) in [6.45, 7) is 9.73. The Labute approximate surface area is 101 Å². The first-order chi connectivity index (χ1) is 7.00. The second-order valence-electron chi connectivity index (χ2n) is 4.45. The van der Waals surface area contributed by atoms with Gasteiger partial charge in [-0.15, -0.1) is 0 Å². The summed E-state index contributed by atoms with van der Waals surface area (Å²) in [7, 11) is 0. The lowest BCUT2D eigenvalue weighted by molar-refractivity contribution is 0.439. The van der Waals surface area contributed by atoms with Crippen LogP contribution < -0.4 is 5.32 Å². The Balaban J connectivity index is 2.58. The Morgan fingerprint density at radius 1 is 1.40 bits per heavy atom. The highest BCUT2D eigenvalue weighted by Crippen LogP contribution is 2.21. The number of hydrogen-bond acceptors (Lipinski definition) is 2. The van der Waals surface area contributed by atoms with Crippen LogP contribution in [0.3, 0.4) is 0 Å². The van der Waals surface area contributed by atoms with Crippen molar-refractivity contribution in [1.29, 1.82) is 0 Å². The number of nitrogens with one attached hydrogen (secondary N) is 1. The van der Waals surface area contributed by atoms with Crippen molar-refractivity contribution in [3.63, 3.8) is 0 Å². The van der Waals surface area contributed by atoms with Gasteiger partial charge >= 0.3 is 0 Å². The van der Waals surface area contributed by atoms with E-state index in [1.165, 1.54) is 5.56 Å². The molecular formula is C12H19BrN2. The zero-order valence-electron chi connectivity index (χ0n) is 9.84. The molecule has 1 heterocycles. The number of aryl methyl sites for hydroxylation is 1. The molecule has 1 N–H and O–H groups in total. The lowest BCUT2D eigenvalue weighted by Gasteiger charge is -2.17. The quantitative estimate of drug-likeness (QED) is 0.899. The smallest absolute Gasteiger partial charge is 0.140 e. The van der Waals surface area contributed by atoms with Gasteiger partial charge in [0, 0.05) is 12.7 Å². The molecule has 2 nitrogen and oxygen atoms in total. The summed E-state index contributed by atoms with van der Waals surface area (Å²) in [5, 5.41) is 3.36. The van der Waals surface area contributed by atoms with Crippen molar-refractivity contribution in [2.45, 2.75) is 27.7 Å². The Morgan fingerprint density at radius 3 is 2.60 bits per heavy atom. The zero-order chi connectivity index (χ0) is 11.4. The lowest BCUT2D eigenvalue weighted by Crippen LogP contribution is -2.17. The molecule has 1 atom stereocenters. The van der Waals surface area contributed by atoms with Crippen molar-refractivity contribution in [2.75, 3.05) is 11.9 Å². The van der Waals surface area contributed by atoms with Gasteiger partial charge in [0.2, 0.25) is 0 Å². The maximum atomic E-state index is 4.35. The fraction of sp³-hybridized carbons (Fsp3) is 0.583. The molecule has 0 spiro atoms. The predicted molar refractivity (Wildman–Crippen MR) is 69.2 cm³/mol. The Kier molecular flexibility index (Phi) is 4.58. The third-order valence-corrected chi connectivity index (χ3v) is 3.31. The number of aromatic nitrogens is 1. The van der Waals surface area contributed by atoms with Gasteiger partial charge in [-0.2, -0.15) is 0 Å². The highest BCUT2D eigenvalue weighted by Gasteiger charge is 2.08. The van der Waals surface area contributed by atoms with Crippen LogP contribution in [-0.4, -0.2) is 11.5 Å². The van der Waals surface area contributed by atoms with Crippen molar-refractivity contribution in [3.8, 4) is 0 Å². The van der Waals surface area contributed by atoms with E-state index in [4.69, 9.17) is 0 Å². The van der Waals surface area contributed by atoms with Crippen LogP contribution in [0.4, 0.5) is 5.82 Å². The summed E-state index contributed by atoms with van der Waals surface area (Å²) in [4.78, 5) is 4.35. The number of hydrogen-bond donors (Lipinski definition) is 1. The molecule has 0 aliphatic rings.